The summed E-state index contributed by atoms with van der Waals surface area (Å²) in [5, 5.41) is 3.91. The van der Waals surface area contributed by atoms with E-state index in [1.807, 2.05) is 24.6 Å². The van der Waals surface area contributed by atoms with Gasteiger partial charge in [-0.3, -0.25) is 0 Å². The molecule has 0 spiro atoms. The molecule has 0 aromatic carbocycles. The summed E-state index contributed by atoms with van der Waals surface area (Å²) in [7, 11) is 1.38. The third-order valence-corrected chi connectivity index (χ3v) is 3.13. The Balaban J connectivity index is 0.000000180. The Morgan fingerprint density at radius 1 is 1.17 bits per heavy atom. The summed E-state index contributed by atoms with van der Waals surface area (Å²) in [6.07, 6.45) is 0. The maximum Gasteiger partial charge on any atom is 0.333 e. The highest BCUT2D eigenvalue weighted by Gasteiger charge is 2.10. The minimum atomic E-state index is -0.241. The van der Waals surface area contributed by atoms with Crippen LogP contribution >= 0.6 is 11.3 Å². The number of hydrogen-bond donors (Lipinski definition) is 0. The fourth-order valence-corrected chi connectivity index (χ4v) is 1.83. The summed E-state index contributed by atoms with van der Waals surface area (Å²) in [6.45, 7) is 6.88. The Morgan fingerprint density at radius 2 is 1.67 bits per heavy atom. The number of methoxy groups -OCH3 is 1. The summed E-state index contributed by atoms with van der Waals surface area (Å²) >= 11 is 1.61. The number of esters is 1. The number of hydrogen-bond acceptors (Lipinski definition) is 5. The van der Waals surface area contributed by atoms with E-state index in [0.29, 0.717) is 18.8 Å². The van der Waals surface area contributed by atoms with Gasteiger partial charge in [-0.15, -0.1) is 11.3 Å². The number of allylic oxidation sites excluding steroid dienone is 1. The minimum Gasteiger partial charge on any atom is -0.485 e. The first-order chi connectivity index (χ1) is 8.56. The van der Waals surface area contributed by atoms with Crippen molar-refractivity contribution in [2.45, 2.75) is 20.8 Å². The van der Waals surface area contributed by atoms with Gasteiger partial charge in [0.05, 0.1) is 7.11 Å². The molecule has 0 saturated carbocycles. The molecule has 2 heterocycles. The maximum absolute atomic E-state index is 10.7. The number of thiophene rings is 1. The van der Waals surface area contributed by atoms with E-state index in [1.165, 1.54) is 7.11 Å². The summed E-state index contributed by atoms with van der Waals surface area (Å²) in [4.78, 5) is 10.7. The average Bonchev–Trinajstić information content (AvgIpc) is 2.85. The molecule has 100 valence electrons. The Labute approximate surface area is 111 Å². The van der Waals surface area contributed by atoms with Crippen LogP contribution in [0.5, 0.6) is 11.5 Å². The molecule has 0 amide bonds. The zero-order chi connectivity index (χ0) is 13.5. The van der Waals surface area contributed by atoms with Crippen molar-refractivity contribution in [2.75, 3.05) is 20.3 Å². The third-order valence-electron chi connectivity index (χ3n) is 2.43. The monoisotopic (exact) mass is 270 g/mol. The average molecular weight is 270 g/mol. The fourth-order valence-electron chi connectivity index (χ4n) is 1.14. The van der Waals surface area contributed by atoms with Gasteiger partial charge in [0, 0.05) is 16.3 Å². The first-order valence-electron chi connectivity index (χ1n) is 5.60. The van der Waals surface area contributed by atoms with Gasteiger partial charge >= 0.3 is 5.97 Å². The molecule has 2 rings (SSSR count). The van der Waals surface area contributed by atoms with Gasteiger partial charge in [0.1, 0.15) is 13.2 Å². The van der Waals surface area contributed by atoms with E-state index in [2.05, 4.69) is 4.74 Å². The summed E-state index contributed by atoms with van der Waals surface area (Å²) in [6, 6.07) is 0. The number of rotatable bonds is 1. The molecule has 5 heteroatoms. The second-order valence-corrected chi connectivity index (χ2v) is 4.66. The predicted octanol–water partition coefficient (Wildman–Crippen LogP) is 3.04. The van der Waals surface area contributed by atoms with Crippen molar-refractivity contribution in [2.24, 2.45) is 0 Å². The van der Waals surface area contributed by atoms with E-state index in [1.54, 1.807) is 18.3 Å². The van der Waals surface area contributed by atoms with Crippen LogP contribution < -0.4 is 9.47 Å². The van der Waals surface area contributed by atoms with Gasteiger partial charge < -0.3 is 14.2 Å². The van der Waals surface area contributed by atoms with Crippen LogP contribution in [-0.4, -0.2) is 26.3 Å². The van der Waals surface area contributed by atoms with Crippen LogP contribution in [0.25, 0.3) is 0 Å². The molecule has 18 heavy (non-hydrogen) atoms. The van der Waals surface area contributed by atoms with Gasteiger partial charge in [-0.05, 0) is 20.8 Å². The minimum absolute atomic E-state index is 0.241. The smallest absolute Gasteiger partial charge is 0.333 e. The quantitative estimate of drug-likeness (QED) is 0.581. The molecule has 1 aliphatic heterocycles. The van der Waals surface area contributed by atoms with Crippen LogP contribution in [0.4, 0.5) is 0 Å². The molecular formula is C13H18O4S. The highest BCUT2D eigenvalue weighted by molar-refractivity contribution is 7.08. The lowest BCUT2D eigenvalue weighted by molar-refractivity contribution is -0.136. The Kier molecular flexibility index (Phi) is 5.71. The van der Waals surface area contributed by atoms with Crippen molar-refractivity contribution in [1.82, 2.24) is 0 Å². The lowest BCUT2D eigenvalue weighted by Crippen LogP contribution is -2.13. The number of carbonyl (C=O) groups excluding carboxylic acids is 1. The highest BCUT2D eigenvalue weighted by Crippen LogP contribution is 2.33. The lowest BCUT2D eigenvalue weighted by atomic mass is 10.2. The van der Waals surface area contributed by atoms with Gasteiger partial charge in [0.2, 0.25) is 0 Å². The number of fused-ring (bicyclic) bond motifs is 1. The first-order valence-corrected chi connectivity index (χ1v) is 6.54. The molecule has 4 nitrogen and oxygen atoms in total. The molecule has 1 aliphatic rings. The molecular weight excluding hydrogens is 252 g/mol. The molecule has 1 aromatic rings. The molecule has 0 saturated heterocycles. The largest absolute Gasteiger partial charge is 0.485 e. The molecule has 0 bridgehead atoms. The summed E-state index contributed by atoms with van der Waals surface area (Å²) in [5.41, 5.74) is 1.69. The van der Waals surface area contributed by atoms with E-state index >= 15 is 0 Å². The SMILES string of the molecule is COC(=O)C(C)=C(C)C.c1scc2c1OCCO2. The van der Waals surface area contributed by atoms with Crippen molar-refractivity contribution in [1.29, 1.82) is 0 Å². The maximum atomic E-state index is 10.7. The Bertz CT molecular complexity index is 409. The van der Waals surface area contributed by atoms with E-state index < -0.39 is 0 Å². The van der Waals surface area contributed by atoms with Crippen LogP contribution in [0.1, 0.15) is 20.8 Å². The topological polar surface area (TPSA) is 44.8 Å². The van der Waals surface area contributed by atoms with Crippen molar-refractivity contribution < 1.29 is 19.0 Å². The standard InChI is InChI=1S/C7H12O2.C6H6O2S/c1-5(2)6(3)7(8)9-4;1-2-8-6-4-9-3-5(6)7-1/h1-4H3;3-4H,1-2H2. The summed E-state index contributed by atoms with van der Waals surface area (Å²) < 4.78 is 15.0. The van der Waals surface area contributed by atoms with Gasteiger partial charge in [0.25, 0.3) is 0 Å². The van der Waals surface area contributed by atoms with Gasteiger partial charge in [-0.2, -0.15) is 0 Å². The van der Waals surface area contributed by atoms with Gasteiger partial charge in [0.15, 0.2) is 11.5 Å². The molecule has 0 fully saturated rings. The molecule has 0 N–H and O–H groups in total. The van der Waals surface area contributed by atoms with Crippen molar-refractivity contribution in [3.8, 4) is 11.5 Å². The molecule has 0 aliphatic carbocycles. The van der Waals surface area contributed by atoms with Crippen LogP contribution in [0.2, 0.25) is 0 Å². The fraction of sp³-hybridized carbons (Fsp3) is 0.462. The van der Waals surface area contributed by atoms with E-state index in [4.69, 9.17) is 9.47 Å². The van der Waals surface area contributed by atoms with E-state index in [0.717, 1.165) is 17.1 Å². The van der Waals surface area contributed by atoms with E-state index in [9.17, 15) is 4.79 Å². The lowest BCUT2D eigenvalue weighted by Gasteiger charge is -2.13. The van der Waals surface area contributed by atoms with Gasteiger partial charge in [-0.1, -0.05) is 5.57 Å². The van der Waals surface area contributed by atoms with Crippen LogP contribution in [0.3, 0.4) is 0 Å². The number of carbonyl (C=O) groups is 1. The molecule has 0 radical (unpaired) electrons. The predicted molar refractivity (Wildman–Crippen MR) is 71.4 cm³/mol. The normalized spacial score (nSPS) is 12.0. The van der Waals surface area contributed by atoms with Crippen molar-refractivity contribution in [3.05, 3.63) is 21.9 Å². The van der Waals surface area contributed by atoms with Crippen molar-refractivity contribution >= 4 is 17.3 Å². The van der Waals surface area contributed by atoms with Crippen LogP contribution in [0, 0.1) is 0 Å². The van der Waals surface area contributed by atoms with Gasteiger partial charge in [-0.25, -0.2) is 4.79 Å². The number of ether oxygens (including phenoxy) is 3. The highest BCUT2D eigenvalue weighted by atomic mass is 32.1. The van der Waals surface area contributed by atoms with E-state index in [-0.39, 0.29) is 5.97 Å². The summed E-state index contributed by atoms with van der Waals surface area (Å²) in [5.74, 6) is 1.55. The Hall–Kier alpha value is -1.49. The Morgan fingerprint density at radius 3 is 2.00 bits per heavy atom. The van der Waals surface area contributed by atoms with Crippen LogP contribution in [0.15, 0.2) is 21.9 Å². The van der Waals surface area contributed by atoms with Crippen LogP contribution in [-0.2, 0) is 9.53 Å². The zero-order valence-corrected chi connectivity index (χ0v) is 11.9. The first kappa shape index (κ1) is 14.6. The second kappa shape index (κ2) is 7.06. The van der Waals surface area contributed by atoms with Crippen molar-refractivity contribution in [3.63, 3.8) is 0 Å². The third kappa shape index (κ3) is 4.07. The zero-order valence-electron chi connectivity index (χ0n) is 11.1. The second-order valence-electron chi connectivity index (χ2n) is 3.91. The molecule has 0 unspecified atom stereocenters. The molecule has 0 atom stereocenters. The molecule has 1 aromatic heterocycles.